The van der Waals surface area contributed by atoms with Crippen molar-refractivity contribution >= 4 is 23.5 Å². The summed E-state index contributed by atoms with van der Waals surface area (Å²) in [5.74, 6) is 0.334. The molecular weight excluding hydrogens is 428 g/mol. The summed E-state index contributed by atoms with van der Waals surface area (Å²) in [4.78, 5) is 23.5. The van der Waals surface area contributed by atoms with Crippen LogP contribution in [0.4, 0.5) is 0 Å². The molecule has 2 aromatic carbocycles. The van der Waals surface area contributed by atoms with Crippen molar-refractivity contribution < 1.29 is 23.8 Å². The van der Waals surface area contributed by atoms with Crippen LogP contribution in [0.5, 0.6) is 5.75 Å². The van der Waals surface area contributed by atoms with Crippen molar-refractivity contribution in [2.45, 2.75) is 65.1 Å². The summed E-state index contributed by atoms with van der Waals surface area (Å²) in [6.45, 7) is 7.49. The van der Waals surface area contributed by atoms with Crippen LogP contribution < -0.4 is 4.74 Å². The molecule has 172 valence electrons. The van der Waals surface area contributed by atoms with Crippen molar-refractivity contribution in [3.05, 3.63) is 64.2 Å². The number of hydrogen-bond acceptors (Lipinski definition) is 5. The summed E-state index contributed by atoms with van der Waals surface area (Å²) in [5, 5.41) is 0.687. The molecule has 1 aliphatic rings. The maximum Gasteiger partial charge on any atom is 0.303 e. The first kappa shape index (κ1) is 24.1. The van der Waals surface area contributed by atoms with Crippen LogP contribution in [-0.2, 0) is 25.5 Å². The first-order valence-corrected chi connectivity index (χ1v) is 11.5. The van der Waals surface area contributed by atoms with Crippen molar-refractivity contribution in [1.82, 2.24) is 0 Å². The molecule has 0 bridgehead atoms. The number of carbonyl (C=O) groups is 2. The Bertz CT molecular complexity index is 940. The molecule has 0 spiro atoms. The van der Waals surface area contributed by atoms with Crippen LogP contribution in [0.15, 0.2) is 42.5 Å². The van der Waals surface area contributed by atoms with E-state index in [4.69, 9.17) is 25.8 Å². The maximum atomic E-state index is 11.8. The van der Waals surface area contributed by atoms with Crippen LogP contribution in [0.3, 0.4) is 0 Å². The Kier molecular flexibility index (Phi) is 8.19. The van der Waals surface area contributed by atoms with Gasteiger partial charge in [0.1, 0.15) is 18.0 Å². The highest BCUT2D eigenvalue weighted by Gasteiger charge is 2.41. The van der Waals surface area contributed by atoms with Crippen molar-refractivity contribution in [2.24, 2.45) is 5.92 Å². The maximum absolute atomic E-state index is 11.8. The van der Waals surface area contributed by atoms with E-state index in [2.05, 4.69) is 13.0 Å². The zero-order chi connectivity index (χ0) is 23.3. The van der Waals surface area contributed by atoms with Crippen LogP contribution in [0, 0.1) is 5.92 Å². The van der Waals surface area contributed by atoms with Gasteiger partial charge in [-0.1, -0.05) is 42.8 Å². The van der Waals surface area contributed by atoms with Crippen molar-refractivity contribution in [2.75, 3.05) is 6.61 Å². The van der Waals surface area contributed by atoms with E-state index in [9.17, 15) is 9.59 Å². The van der Waals surface area contributed by atoms with Gasteiger partial charge in [-0.3, -0.25) is 9.59 Å². The highest BCUT2D eigenvalue weighted by molar-refractivity contribution is 6.31. The van der Waals surface area contributed by atoms with Gasteiger partial charge in [-0.2, -0.15) is 0 Å². The first-order chi connectivity index (χ1) is 15.3. The van der Waals surface area contributed by atoms with Gasteiger partial charge in [0.25, 0.3) is 0 Å². The fourth-order valence-electron chi connectivity index (χ4n) is 4.51. The number of rotatable bonds is 7. The van der Waals surface area contributed by atoms with E-state index in [0.29, 0.717) is 30.4 Å². The third-order valence-corrected chi connectivity index (χ3v) is 6.17. The quantitative estimate of drug-likeness (QED) is 0.497. The normalized spacial score (nSPS) is 22.8. The molecular formula is C26H31ClO5. The van der Waals surface area contributed by atoms with Crippen LogP contribution in [0.2, 0.25) is 5.02 Å². The van der Waals surface area contributed by atoms with Crippen LogP contribution in [-0.4, -0.2) is 30.8 Å². The van der Waals surface area contributed by atoms with Gasteiger partial charge >= 0.3 is 11.9 Å². The van der Waals surface area contributed by atoms with Crippen molar-refractivity contribution in [3.63, 3.8) is 0 Å². The number of carbonyl (C=O) groups excluding carboxylic acids is 2. The smallest absolute Gasteiger partial charge is 0.303 e. The molecule has 0 saturated heterocycles. The summed E-state index contributed by atoms with van der Waals surface area (Å²) in [6.07, 6.45) is 1.19. The molecule has 4 atom stereocenters. The predicted molar refractivity (Wildman–Crippen MR) is 124 cm³/mol. The van der Waals surface area contributed by atoms with E-state index >= 15 is 0 Å². The average molecular weight is 459 g/mol. The SMILES string of the molecule is CCOc1ccc(Cc2cc(C3CC(C)CC(OC(C)=O)C3OC(C)=O)ccc2Cl)cc1. The standard InChI is InChI=1S/C26H31ClO5/c1-5-30-22-9-6-19(7-10-22)14-21-15-20(8-11-24(21)27)23-12-16(2)13-25(31-17(3)28)26(23)32-18(4)29/h6-11,15-16,23,25-26H,5,12-14H2,1-4H3. The number of ether oxygens (including phenoxy) is 3. The molecule has 0 aliphatic heterocycles. The van der Waals surface area contributed by atoms with E-state index in [1.807, 2.05) is 43.3 Å². The number of benzene rings is 2. The van der Waals surface area contributed by atoms with E-state index in [1.54, 1.807) is 0 Å². The summed E-state index contributed by atoms with van der Waals surface area (Å²) in [5.41, 5.74) is 3.15. The predicted octanol–water partition coefficient (Wildman–Crippen LogP) is 5.71. The molecule has 2 aromatic rings. The third kappa shape index (κ3) is 6.26. The molecule has 3 rings (SSSR count). The second-order valence-electron chi connectivity index (χ2n) is 8.51. The zero-order valence-corrected chi connectivity index (χ0v) is 19.9. The van der Waals surface area contributed by atoms with E-state index in [1.165, 1.54) is 13.8 Å². The summed E-state index contributed by atoms with van der Waals surface area (Å²) in [6, 6.07) is 14.0. The molecule has 1 saturated carbocycles. The zero-order valence-electron chi connectivity index (χ0n) is 19.1. The molecule has 5 nitrogen and oxygen atoms in total. The number of hydrogen-bond donors (Lipinski definition) is 0. The Balaban J connectivity index is 1.89. The van der Waals surface area contributed by atoms with Gasteiger partial charge in [-0.05, 0) is 67.0 Å². The second kappa shape index (κ2) is 10.9. The molecule has 0 amide bonds. The van der Waals surface area contributed by atoms with E-state index in [-0.39, 0.29) is 17.9 Å². The van der Waals surface area contributed by atoms with Crippen LogP contribution in [0.1, 0.15) is 63.1 Å². The van der Waals surface area contributed by atoms with Crippen LogP contribution in [0.25, 0.3) is 0 Å². The van der Waals surface area contributed by atoms with Crippen LogP contribution >= 0.6 is 11.6 Å². The molecule has 0 N–H and O–H groups in total. The summed E-state index contributed by atoms with van der Waals surface area (Å²) < 4.78 is 16.8. The largest absolute Gasteiger partial charge is 0.494 e. The lowest BCUT2D eigenvalue weighted by atomic mass is 9.74. The molecule has 0 heterocycles. The first-order valence-electron chi connectivity index (χ1n) is 11.1. The fraction of sp³-hybridized carbons (Fsp3) is 0.462. The van der Waals surface area contributed by atoms with Gasteiger partial charge in [0.2, 0.25) is 0 Å². The molecule has 0 aromatic heterocycles. The molecule has 1 fully saturated rings. The highest BCUT2D eigenvalue weighted by atomic mass is 35.5. The highest BCUT2D eigenvalue weighted by Crippen LogP contribution is 2.40. The van der Waals surface area contributed by atoms with Gasteiger partial charge in [-0.15, -0.1) is 0 Å². The Morgan fingerprint density at radius 3 is 2.31 bits per heavy atom. The van der Waals surface area contributed by atoms with Crippen molar-refractivity contribution in [3.8, 4) is 5.75 Å². The third-order valence-electron chi connectivity index (χ3n) is 5.80. The Morgan fingerprint density at radius 1 is 1.00 bits per heavy atom. The minimum absolute atomic E-state index is 0.0802. The number of esters is 2. The minimum Gasteiger partial charge on any atom is -0.494 e. The lowest BCUT2D eigenvalue weighted by Gasteiger charge is -2.40. The van der Waals surface area contributed by atoms with Gasteiger partial charge in [-0.25, -0.2) is 0 Å². The van der Waals surface area contributed by atoms with Gasteiger partial charge < -0.3 is 14.2 Å². The second-order valence-corrected chi connectivity index (χ2v) is 8.92. The van der Waals surface area contributed by atoms with E-state index < -0.39 is 12.2 Å². The molecule has 32 heavy (non-hydrogen) atoms. The average Bonchev–Trinajstić information content (AvgIpc) is 2.72. The number of halogens is 1. The summed E-state index contributed by atoms with van der Waals surface area (Å²) >= 11 is 6.53. The van der Waals surface area contributed by atoms with Crippen molar-refractivity contribution in [1.29, 1.82) is 0 Å². The van der Waals surface area contributed by atoms with E-state index in [0.717, 1.165) is 28.9 Å². The van der Waals surface area contributed by atoms with Gasteiger partial charge in [0.05, 0.1) is 6.61 Å². The monoisotopic (exact) mass is 458 g/mol. The lowest BCUT2D eigenvalue weighted by Crippen LogP contribution is -2.44. The summed E-state index contributed by atoms with van der Waals surface area (Å²) in [7, 11) is 0. The lowest BCUT2D eigenvalue weighted by molar-refractivity contribution is -0.172. The molecule has 0 radical (unpaired) electrons. The molecule has 4 unspecified atom stereocenters. The Labute approximate surface area is 195 Å². The molecule has 1 aliphatic carbocycles. The fourth-order valence-corrected chi connectivity index (χ4v) is 4.69. The van der Waals surface area contributed by atoms with Gasteiger partial charge in [0.15, 0.2) is 0 Å². The topological polar surface area (TPSA) is 61.8 Å². The molecule has 6 heteroatoms. The Morgan fingerprint density at radius 2 is 1.69 bits per heavy atom. The van der Waals surface area contributed by atoms with Gasteiger partial charge in [0, 0.05) is 24.8 Å². The minimum atomic E-state index is -0.521. The Hall–Kier alpha value is -2.53.